The van der Waals surface area contributed by atoms with Crippen LogP contribution in [0.4, 0.5) is 4.79 Å². The average Bonchev–Trinajstić information content (AvgIpc) is 3.15. The first kappa shape index (κ1) is 20.4. The Morgan fingerprint density at radius 1 is 1.31 bits per heavy atom. The SMILES string of the molecule is CC(C)n1ncc2c1[C@@H](O)[C@H](Br)C1(CCN(C(=O)OCc3ccccc3)CC1)C2. The predicted molar refractivity (Wildman–Crippen MR) is 114 cm³/mol. The van der Waals surface area contributed by atoms with E-state index in [0.717, 1.165) is 36.1 Å². The number of likely N-dealkylation sites (tertiary alicyclic amines) is 1. The molecule has 1 aromatic heterocycles. The normalized spacial score (nSPS) is 23.3. The molecule has 0 bridgehead atoms. The topological polar surface area (TPSA) is 67.6 Å². The van der Waals surface area contributed by atoms with Gasteiger partial charge in [-0.05, 0) is 49.7 Å². The number of ether oxygens (including phenoxy) is 1. The third-order valence-electron chi connectivity index (χ3n) is 6.31. The molecule has 2 heterocycles. The number of nitrogens with zero attached hydrogens (tertiary/aromatic N) is 3. The third-order valence-corrected chi connectivity index (χ3v) is 7.78. The number of piperidine rings is 1. The van der Waals surface area contributed by atoms with Crippen molar-refractivity contribution in [3.63, 3.8) is 0 Å². The maximum absolute atomic E-state index is 12.5. The number of rotatable bonds is 3. The number of hydrogen-bond donors (Lipinski definition) is 1. The fourth-order valence-corrected chi connectivity index (χ4v) is 5.50. The number of amides is 1. The Morgan fingerprint density at radius 2 is 2.00 bits per heavy atom. The minimum atomic E-state index is -0.597. The first-order valence-electron chi connectivity index (χ1n) is 10.3. The number of carbonyl (C=O) groups is 1. The molecule has 1 amide bonds. The van der Waals surface area contributed by atoms with E-state index in [2.05, 4.69) is 34.9 Å². The van der Waals surface area contributed by atoms with Crippen molar-refractivity contribution in [2.24, 2.45) is 5.41 Å². The van der Waals surface area contributed by atoms with Crippen molar-refractivity contribution in [1.29, 1.82) is 0 Å². The van der Waals surface area contributed by atoms with E-state index >= 15 is 0 Å². The molecule has 1 saturated heterocycles. The van der Waals surface area contributed by atoms with Gasteiger partial charge in [0.25, 0.3) is 0 Å². The highest BCUT2D eigenvalue weighted by molar-refractivity contribution is 9.09. The Balaban J connectivity index is 1.41. The number of benzene rings is 1. The van der Waals surface area contributed by atoms with Gasteiger partial charge in [0.1, 0.15) is 12.7 Å². The van der Waals surface area contributed by atoms with E-state index < -0.39 is 6.10 Å². The minimum Gasteiger partial charge on any atom is -0.445 e. The van der Waals surface area contributed by atoms with Gasteiger partial charge >= 0.3 is 6.09 Å². The molecular weight excluding hydrogens is 434 g/mol. The fraction of sp³-hybridized carbons (Fsp3) is 0.545. The summed E-state index contributed by atoms with van der Waals surface area (Å²) < 4.78 is 7.42. The Hall–Kier alpha value is -1.86. The monoisotopic (exact) mass is 461 g/mol. The van der Waals surface area contributed by atoms with Crippen molar-refractivity contribution < 1.29 is 14.6 Å². The molecule has 1 N–H and O–H groups in total. The van der Waals surface area contributed by atoms with Crippen LogP contribution in [0.2, 0.25) is 0 Å². The largest absolute Gasteiger partial charge is 0.445 e. The minimum absolute atomic E-state index is 0.0563. The highest BCUT2D eigenvalue weighted by Crippen LogP contribution is 2.51. The molecule has 2 atom stereocenters. The highest BCUT2D eigenvalue weighted by atomic mass is 79.9. The molecule has 0 unspecified atom stereocenters. The van der Waals surface area contributed by atoms with Gasteiger partial charge in [0.2, 0.25) is 0 Å². The number of fused-ring (bicyclic) bond motifs is 1. The Bertz CT molecular complexity index is 859. The molecule has 2 aliphatic rings. The number of hydrogen-bond acceptors (Lipinski definition) is 4. The molecule has 1 spiro atoms. The molecule has 0 saturated carbocycles. The van der Waals surface area contributed by atoms with Gasteiger partial charge in [-0.25, -0.2) is 4.79 Å². The zero-order chi connectivity index (χ0) is 20.6. The van der Waals surface area contributed by atoms with Crippen LogP contribution in [-0.2, 0) is 17.8 Å². The number of aliphatic hydroxyl groups is 1. The van der Waals surface area contributed by atoms with Crippen molar-refractivity contribution >= 4 is 22.0 Å². The summed E-state index contributed by atoms with van der Waals surface area (Å²) in [7, 11) is 0. The van der Waals surface area contributed by atoms with Crippen molar-refractivity contribution in [2.75, 3.05) is 13.1 Å². The quantitative estimate of drug-likeness (QED) is 0.694. The van der Waals surface area contributed by atoms with E-state index in [1.807, 2.05) is 41.2 Å². The van der Waals surface area contributed by atoms with Crippen molar-refractivity contribution in [3.8, 4) is 0 Å². The van der Waals surface area contributed by atoms with Gasteiger partial charge < -0.3 is 14.7 Å². The summed E-state index contributed by atoms with van der Waals surface area (Å²) >= 11 is 3.80. The van der Waals surface area contributed by atoms with Gasteiger partial charge in [0.15, 0.2) is 0 Å². The van der Waals surface area contributed by atoms with Crippen LogP contribution in [0, 0.1) is 5.41 Å². The van der Waals surface area contributed by atoms with Crippen LogP contribution in [0.15, 0.2) is 36.5 Å². The Kier molecular flexibility index (Phi) is 5.71. The first-order chi connectivity index (χ1) is 13.9. The van der Waals surface area contributed by atoms with E-state index in [4.69, 9.17) is 4.74 Å². The van der Waals surface area contributed by atoms with Gasteiger partial charge in [-0.15, -0.1) is 0 Å². The standard InChI is InChI=1S/C22H28BrN3O3/c1-15(2)26-18-17(13-24-26)12-22(20(23)19(18)27)8-10-25(11-9-22)21(28)29-14-16-6-4-3-5-7-16/h3-7,13,15,19-20,27H,8-12,14H2,1-2H3/t19-,20+/m1/s1. The molecular formula is C22H28BrN3O3. The second kappa shape index (κ2) is 8.11. The van der Waals surface area contributed by atoms with Gasteiger partial charge in [-0.2, -0.15) is 5.10 Å². The summed E-state index contributed by atoms with van der Waals surface area (Å²) in [6.45, 7) is 5.71. The number of halogens is 1. The van der Waals surface area contributed by atoms with E-state index in [1.165, 1.54) is 0 Å². The summed E-state index contributed by atoms with van der Waals surface area (Å²) in [5, 5.41) is 15.5. The number of aromatic nitrogens is 2. The van der Waals surface area contributed by atoms with Crippen molar-refractivity contribution in [3.05, 3.63) is 53.3 Å². The van der Waals surface area contributed by atoms with Crippen LogP contribution in [0.25, 0.3) is 0 Å². The molecule has 1 aliphatic carbocycles. The van der Waals surface area contributed by atoms with E-state index in [1.54, 1.807) is 4.90 Å². The van der Waals surface area contributed by atoms with E-state index in [9.17, 15) is 9.90 Å². The summed E-state index contributed by atoms with van der Waals surface area (Å²) in [5.74, 6) is 0. The maximum atomic E-state index is 12.5. The Morgan fingerprint density at radius 3 is 2.66 bits per heavy atom. The molecule has 0 radical (unpaired) electrons. The molecule has 1 fully saturated rings. The van der Waals surface area contributed by atoms with Gasteiger partial charge in [-0.3, -0.25) is 4.68 Å². The zero-order valence-corrected chi connectivity index (χ0v) is 18.5. The molecule has 1 aromatic carbocycles. The van der Waals surface area contributed by atoms with Crippen LogP contribution < -0.4 is 0 Å². The van der Waals surface area contributed by atoms with Crippen LogP contribution in [0.5, 0.6) is 0 Å². The summed E-state index contributed by atoms with van der Waals surface area (Å²) in [4.78, 5) is 14.2. The van der Waals surface area contributed by atoms with Crippen LogP contribution in [-0.4, -0.2) is 43.8 Å². The predicted octanol–water partition coefficient (Wildman–Crippen LogP) is 4.24. The maximum Gasteiger partial charge on any atom is 0.410 e. The lowest BCUT2D eigenvalue weighted by molar-refractivity contribution is 0.0272. The zero-order valence-electron chi connectivity index (χ0n) is 16.9. The van der Waals surface area contributed by atoms with Gasteiger partial charge in [0.05, 0.1) is 16.7 Å². The third kappa shape index (κ3) is 3.82. The van der Waals surface area contributed by atoms with Gasteiger partial charge in [0, 0.05) is 19.1 Å². The van der Waals surface area contributed by atoms with Crippen LogP contribution in [0.3, 0.4) is 0 Å². The average molecular weight is 462 g/mol. The Labute approximate surface area is 180 Å². The molecule has 1 aliphatic heterocycles. The number of alkyl halides is 1. The highest BCUT2D eigenvalue weighted by Gasteiger charge is 2.49. The molecule has 4 rings (SSSR count). The molecule has 7 heteroatoms. The lowest BCUT2D eigenvalue weighted by Gasteiger charge is -2.48. The second-order valence-corrected chi connectivity index (χ2v) is 9.49. The lowest BCUT2D eigenvalue weighted by atomic mass is 9.66. The molecule has 29 heavy (non-hydrogen) atoms. The second-order valence-electron chi connectivity index (χ2n) is 8.51. The smallest absolute Gasteiger partial charge is 0.410 e. The van der Waals surface area contributed by atoms with Crippen molar-refractivity contribution in [2.45, 2.75) is 56.7 Å². The fourth-order valence-electron chi connectivity index (χ4n) is 4.63. The summed E-state index contributed by atoms with van der Waals surface area (Å²) in [6.07, 6.45) is 3.56. The summed E-state index contributed by atoms with van der Waals surface area (Å²) in [5.41, 5.74) is 2.96. The van der Waals surface area contributed by atoms with Crippen LogP contribution >= 0.6 is 15.9 Å². The first-order valence-corrected chi connectivity index (χ1v) is 11.2. The van der Waals surface area contributed by atoms with Crippen molar-refractivity contribution in [1.82, 2.24) is 14.7 Å². The summed E-state index contributed by atoms with van der Waals surface area (Å²) in [6, 6.07) is 9.94. The van der Waals surface area contributed by atoms with E-state index in [-0.39, 0.29) is 22.4 Å². The van der Waals surface area contributed by atoms with E-state index in [0.29, 0.717) is 19.7 Å². The lowest BCUT2D eigenvalue weighted by Crippen LogP contribution is -2.51. The molecule has 2 aromatic rings. The van der Waals surface area contributed by atoms with Gasteiger partial charge in [-0.1, -0.05) is 46.3 Å². The number of carbonyl (C=O) groups excluding carboxylic acids is 1. The molecule has 156 valence electrons. The van der Waals surface area contributed by atoms with Crippen LogP contribution in [0.1, 0.15) is 55.7 Å². The molecule has 6 nitrogen and oxygen atoms in total. The number of aliphatic hydroxyl groups excluding tert-OH is 1.